The van der Waals surface area contributed by atoms with E-state index in [0.29, 0.717) is 5.69 Å². The minimum atomic E-state index is -0.744. The van der Waals surface area contributed by atoms with Gasteiger partial charge in [-0.15, -0.1) is 0 Å². The molecule has 0 amide bonds. The summed E-state index contributed by atoms with van der Waals surface area (Å²) in [7, 11) is 0. The molecule has 1 atom stereocenters. The minimum Gasteiger partial charge on any atom is -0.382 e. The zero-order valence-corrected chi connectivity index (χ0v) is 11.5. The topological polar surface area (TPSA) is 46.0 Å². The maximum absolute atomic E-state index is 10.5. The summed E-state index contributed by atoms with van der Waals surface area (Å²) in [6, 6.07) is 13.7. The zero-order valence-electron chi connectivity index (χ0n) is 11.5. The number of hydrogen-bond donors (Lipinski definition) is 1. The number of fused-ring (bicyclic) bond motifs is 1. The molecule has 0 aliphatic rings. The number of nitrogens with zero attached hydrogens (tertiary/aromatic N) is 2. The van der Waals surface area contributed by atoms with E-state index >= 15 is 0 Å². The van der Waals surface area contributed by atoms with E-state index in [2.05, 4.69) is 9.97 Å². The van der Waals surface area contributed by atoms with Gasteiger partial charge < -0.3 is 5.11 Å². The van der Waals surface area contributed by atoms with Crippen molar-refractivity contribution in [1.29, 1.82) is 0 Å². The third-order valence-corrected chi connectivity index (χ3v) is 3.47. The summed E-state index contributed by atoms with van der Waals surface area (Å²) in [5, 5.41) is 11.6. The lowest BCUT2D eigenvalue weighted by Crippen LogP contribution is -2.04. The molecule has 0 radical (unpaired) electrons. The number of benzene rings is 1. The molecule has 3 heteroatoms. The van der Waals surface area contributed by atoms with Gasteiger partial charge in [-0.2, -0.15) is 0 Å². The van der Waals surface area contributed by atoms with E-state index in [1.807, 2.05) is 56.3 Å². The average molecular weight is 264 g/mol. The van der Waals surface area contributed by atoms with Gasteiger partial charge in [-0.1, -0.05) is 24.3 Å². The van der Waals surface area contributed by atoms with Crippen LogP contribution in [0.1, 0.15) is 28.6 Å². The molecule has 3 nitrogen and oxygen atoms in total. The molecule has 100 valence electrons. The highest BCUT2D eigenvalue weighted by Crippen LogP contribution is 2.24. The van der Waals surface area contributed by atoms with Crippen LogP contribution in [0.5, 0.6) is 0 Å². The first-order valence-corrected chi connectivity index (χ1v) is 6.62. The van der Waals surface area contributed by atoms with Crippen molar-refractivity contribution in [2.75, 3.05) is 0 Å². The predicted molar refractivity (Wildman–Crippen MR) is 79.5 cm³/mol. The Labute approximate surface area is 117 Å². The maximum Gasteiger partial charge on any atom is 0.122 e. The van der Waals surface area contributed by atoms with Crippen molar-refractivity contribution >= 4 is 10.9 Å². The Balaban J connectivity index is 2.07. The minimum absolute atomic E-state index is 0.659. The van der Waals surface area contributed by atoms with Crippen LogP contribution in [-0.4, -0.2) is 15.1 Å². The molecule has 1 N–H and O–H groups in total. The lowest BCUT2D eigenvalue weighted by atomic mass is 10.0. The Hall–Kier alpha value is -2.26. The Bertz CT molecular complexity index is 751. The Morgan fingerprint density at radius 1 is 1.05 bits per heavy atom. The molecule has 20 heavy (non-hydrogen) atoms. The highest BCUT2D eigenvalue weighted by molar-refractivity contribution is 5.82. The lowest BCUT2D eigenvalue weighted by molar-refractivity contribution is 0.215. The van der Waals surface area contributed by atoms with Gasteiger partial charge in [0.15, 0.2) is 0 Å². The van der Waals surface area contributed by atoms with Crippen molar-refractivity contribution < 1.29 is 5.11 Å². The predicted octanol–water partition coefficient (Wildman–Crippen LogP) is 3.33. The first-order valence-electron chi connectivity index (χ1n) is 6.62. The van der Waals surface area contributed by atoms with Crippen molar-refractivity contribution in [1.82, 2.24) is 9.97 Å². The molecule has 0 fully saturated rings. The number of aryl methyl sites for hydroxylation is 2. The molecular weight excluding hydrogens is 248 g/mol. The molecule has 1 unspecified atom stereocenters. The molecular formula is C17H16N2O. The highest BCUT2D eigenvalue weighted by atomic mass is 16.3. The van der Waals surface area contributed by atoms with Crippen LogP contribution in [0.4, 0.5) is 0 Å². The second-order valence-electron chi connectivity index (χ2n) is 5.02. The van der Waals surface area contributed by atoms with Crippen molar-refractivity contribution in [2.45, 2.75) is 20.0 Å². The van der Waals surface area contributed by atoms with Gasteiger partial charge in [0.05, 0.1) is 11.2 Å². The van der Waals surface area contributed by atoms with Crippen LogP contribution in [0.2, 0.25) is 0 Å². The molecule has 0 bridgehead atoms. The SMILES string of the molecule is Cc1ccc(C(O)c2cc(C)c3ccccc3n2)cn1. The van der Waals surface area contributed by atoms with E-state index in [0.717, 1.165) is 27.7 Å². The van der Waals surface area contributed by atoms with Gasteiger partial charge in [-0.25, -0.2) is 4.98 Å². The number of aliphatic hydroxyl groups excluding tert-OH is 1. The van der Waals surface area contributed by atoms with Crippen LogP contribution >= 0.6 is 0 Å². The quantitative estimate of drug-likeness (QED) is 0.772. The molecule has 0 aliphatic carbocycles. The van der Waals surface area contributed by atoms with Crippen LogP contribution in [0, 0.1) is 13.8 Å². The monoisotopic (exact) mass is 264 g/mol. The highest BCUT2D eigenvalue weighted by Gasteiger charge is 2.14. The van der Waals surface area contributed by atoms with Crippen LogP contribution in [0.3, 0.4) is 0 Å². The fourth-order valence-electron chi connectivity index (χ4n) is 2.33. The molecule has 2 aromatic heterocycles. The third-order valence-electron chi connectivity index (χ3n) is 3.47. The van der Waals surface area contributed by atoms with Crippen molar-refractivity contribution in [3.8, 4) is 0 Å². The van der Waals surface area contributed by atoms with Crippen LogP contribution in [0.25, 0.3) is 10.9 Å². The number of para-hydroxylation sites is 1. The van der Waals surface area contributed by atoms with E-state index in [9.17, 15) is 5.11 Å². The fraction of sp³-hybridized carbons (Fsp3) is 0.176. The van der Waals surface area contributed by atoms with Gasteiger partial charge in [0.1, 0.15) is 6.10 Å². The second kappa shape index (κ2) is 5.02. The summed E-state index contributed by atoms with van der Waals surface area (Å²) in [5.74, 6) is 0. The molecule has 0 saturated carbocycles. The summed E-state index contributed by atoms with van der Waals surface area (Å²) in [6.45, 7) is 3.96. The molecule has 3 aromatic rings. The summed E-state index contributed by atoms with van der Waals surface area (Å²) < 4.78 is 0. The van der Waals surface area contributed by atoms with Gasteiger partial charge >= 0.3 is 0 Å². The molecule has 1 aromatic carbocycles. The largest absolute Gasteiger partial charge is 0.382 e. The van der Waals surface area contributed by atoms with E-state index in [1.165, 1.54) is 0 Å². The van der Waals surface area contributed by atoms with E-state index in [4.69, 9.17) is 0 Å². The molecule has 0 saturated heterocycles. The summed E-state index contributed by atoms with van der Waals surface area (Å²) in [5.41, 5.74) is 4.37. The summed E-state index contributed by atoms with van der Waals surface area (Å²) >= 11 is 0. The normalized spacial score (nSPS) is 12.6. The van der Waals surface area contributed by atoms with Crippen molar-refractivity contribution in [2.24, 2.45) is 0 Å². The Morgan fingerprint density at radius 3 is 2.60 bits per heavy atom. The number of aliphatic hydroxyl groups is 1. The number of aromatic nitrogens is 2. The zero-order chi connectivity index (χ0) is 14.1. The number of pyridine rings is 2. The van der Waals surface area contributed by atoms with Crippen LogP contribution < -0.4 is 0 Å². The van der Waals surface area contributed by atoms with Gasteiger partial charge in [0, 0.05) is 22.8 Å². The van der Waals surface area contributed by atoms with Gasteiger partial charge in [-0.3, -0.25) is 4.98 Å². The van der Waals surface area contributed by atoms with E-state index < -0.39 is 6.10 Å². The fourth-order valence-corrected chi connectivity index (χ4v) is 2.33. The second-order valence-corrected chi connectivity index (χ2v) is 5.02. The lowest BCUT2D eigenvalue weighted by Gasteiger charge is -2.12. The average Bonchev–Trinajstić information content (AvgIpc) is 2.47. The van der Waals surface area contributed by atoms with Gasteiger partial charge in [0.25, 0.3) is 0 Å². The number of hydrogen-bond acceptors (Lipinski definition) is 3. The summed E-state index contributed by atoms with van der Waals surface area (Å²) in [6.07, 6.45) is 0.957. The smallest absolute Gasteiger partial charge is 0.122 e. The molecule has 2 heterocycles. The van der Waals surface area contributed by atoms with Crippen molar-refractivity contribution in [3.63, 3.8) is 0 Å². The summed E-state index contributed by atoms with van der Waals surface area (Å²) in [4.78, 5) is 8.78. The van der Waals surface area contributed by atoms with Gasteiger partial charge in [-0.05, 0) is 37.6 Å². The van der Waals surface area contributed by atoms with E-state index in [1.54, 1.807) is 6.20 Å². The van der Waals surface area contributed by atoms with Crippen LogP contribution in [-0.2, 0) is 0 Å². The molecule has 3 rings (SSSR count). The van der Waals surface area contributed by atoms with Gasteiger partial charge in [0.2, 0.25) is 0 Å². The maximum atomic E-state index is 10.5. The molecule has 0 spiro atoms. The van der Waals surface area contributed by atoms with Crippen LogP contribution in [0.15, 0.2) is 48.7 Å². The first kappa shape index (κ1) is 12.8. The number of rotatable bonds is 2. The molecule has 0 aliphatic heterocycles. The Morgan fingerprint density at radius 2 is 1.85 bits per heavy atom. The van der Waals surface area contributed by atoms with Crippen molar-refractivity contribution in [3.05, 3.63) is 71.2 Å². The standard InChI is InChI=1S/C17H16N2O/c1-11-9-16(19-15-6-4-3-5-14(11)15)17(20)13-8-7-12(2)18-10-13/h3-10,17,20H,1-2H3. The van der Waals surface area contributed by atoms with E-state index in [-0.39, 0.29) is 0 Å². The third kappa shape index (κ3) is 2.28. The first-order chi connectivity index (χ1) is 9.65. The Kier molecular flexibility index (Phi) is 3.20.